The second-order valence-corrected chi connectivity index (χ2v) is 6.53. The van der Waals surface area contributed by atoms with Gasteiger partial charge >= 0.3 is 0 Å². The largest absolute Gasteiger partial charge is 0.344 e. The fourth-order valence-electron chi connectivity index (χ4n) is 1.39. The number of hydrogen-bond donors (Lipinski definition) is 3. The molecule has 0 amide bonds. The third kappa shape index (κ3) is 14.8. The predicted molar refractivity (Wildman–Crippen MR) is 66.6 cm³/mol. The van der Waals surface area contributed by atoms with E-state index in [9.17, 15) is 0 Å². The first-order valence-corrected chi connectivity index (χ1v) is 6.58. The lowest BCUT2D eigenvalue weighted by Gasteiger charge is -2.13. The number of aliphatic hydroxyl groups is 3. The van der Waals surface area contributed by atoms with Crippen molar-refractivity contribution < 1.29 is 15.3 Å². The van der Waals surface area contributed by atoms with Gasteiger partial charge < -0.3 is 15.3 Å². The molecule has 0 heterocycles. The molecule has 0 spiro atoms. The second kappa shape index (κ2) is 7.96. The van der Waals surface area contributed by atoms with E-state index in [2.05, 4.69) is 0 Å². The predicted octanol–water partition coefficient (Wildman–Crippen LogP) is 3.11. The number of rotatable bonds is 8. The highest BCUT2D eigenvalue weighted by molar-refractivity contribution is 6.67. The van der Waals surface area contributed by atoms with Crippen LogP contribution in [0.1, 0.15) is 51.4 Å². The molecule has 0 aliphatic carbocycles. The summed E-state index contributed by atoms with van der Waals surface area (Å²) < 4.78 is -1.15. The summed E-state index contributed by atoms with van der Waals surface area (Å²) in [5.41, 5.74) is 0. The summed E-state index contributed by atoms with van der Waals surface area (Å²) in [6.07, 6.45) is 5.87. The molecule has 0 saturated carbocycles. The summed E-state index contributed by atoms with van der Waals surface area (Å²) in [5, 5.41) is 25.8. The van der Waals surface area contributed by atoms with E-state index in [0.29, 0.717) is 12.8 Å². The average molecular weight is 294 g/mol. The minimum absolute atomic E-state index is 0.0127. The van der Waals surface area contributed by atoms with Gasteiger partial charge in [-0.15, -0.1) is 0 Å². The lowest BCUT2D eigenvalue weighted by atomic mass is 10.1. The van der Waals surface area contributed by atoms with Gasteiger partial charge in [0.1, 0.15) is 0 Å². The molecule has 0 radical (unpaired) electrons. The van der Waals surface area contributed by atoms with Crippen LogP contribution in [0, 0.1) is 0 Å². The van der Waals surface area contributed by atoms with Gasteiger partial charge in [-0.05, 0) is 19.3 Å². The highest BCUT2D eigenvalue weighted by Gasteiger charge is 2.18. The van der Waals surface area contributed by atoms with Gasteiger partial charge in [0, 0.05) is 6.42 Å². The number of hydrogen-bond acceptors (Lipinski definition) is 3. The molecule has 0 atom stereocenters. The van der Waals surface area contributed by atoms with Gasteiger partial charge in [0.05, 0.1) is 0 Å². The van der Waals surface area contributed by atoms with Crippen molar-refractivity contribution >= 4 is 34.8 Å². The zero-order chi connectivity index (χ0) is 12.7. The summed E-state index contributed by atoms with van der Waals surface area (Å²) in [6.45, 7) is 0. The molecule has 0 aliphatic heterocycles. The quantitative estimate of drug-likeness (QED) is 0.366. The van der Waals surface area contributed by atoms with Gasteiger partial charge in [0.15, 0.2) is 3.79 Å². The molecule has 98 valence electrons. The van der Waals surface area contributed by atoms with Crippen LogP contribution in [-0.2, 0) is 0 Å². The van der Waals surface area contributed by atoms with Gasteiger partial charge in [-0.1, -0.05) is 60.5 Å². The van der Waals surface area contributed by atoms with E-state index in [0.717, 1.165) is 32.1 Å². The van der Waals surface area contributed by atoms with Crippen molar-refractivity contribution in [3.63, 3.8) is 0 Å². The number of alkyl halides is 3. The van der Waals surface area contributed by atoms with Crippen molar-refractivity contribution in [2.45, 2.75) is 61.1 Å². The molecular weight excluding hydrogens is 274 g/mol. The van der Waals surface area contributed by atoms with Crippen molar-refractivity contribution in [2.24, 2.45) is 0 Å². The summed E-state index contributed by atoms with van der Waals surface area (Å²) in [5.74, 6) is -2.52. The molecule has 0 aliphatic rings. The third-order valence-corrected chi connectivity index (χ3v) is 2.79. The van der Waals surface area contributed by atoms with Crippen molar-refractivity contribution in [3.8, 4) is 0 Å². The Morgan fingerprint density at radius 2 is 1.00 bits per heavy atom. The SMILES string of the molecule is OC(O)(O)CCCCCCCCC(Cl)(Cl)Cl. The molecule has 6 heteroatoms. The molecule has 0 aromatic rings. The van der Waals surface area contributed by atoms with E-state index in [1.807, 2.05) is 0 Å². The third-order valence-electron chi connectivity index (χ3n) is 2.22. The van der Waals surface area contributed by atoms with Gasteiger partial charge in [0.2, 0.25) is 0 Å². The summed E-state index contributed by atoms with van der Waals surface area (Å²) in [7, 11) is 0. The molecule has 3 nitrogen and oxygen atoms in total. The van der Waals surface area contributed by atoms with Crippen molar-refractivity contribution in [3.05, 3.63) is 0 Å². The smallest absolute Gasteiger partial charge is 0.275 e. The minimum atomic E-state index is -2.52. The van der Waals surface area contributed by atoms with Crippen molar-refractivity contribution in [1.29, 1.82) is 0 Å². The van der Waals surface area contributed by atoms with Crippen LogP contribution in [0.15, 0.2) is 0 Å². The van der Waals surface area contributed by atoms with E-state index in [1.165, 1.54) is 0 Å². The molecule has 0 fully saturated rings. The van der Waals surface area contributed by atoms with E-state index in [-0.39, 0.29) is 6.42 Å². The monoisotopic (exact) mass is 292 g/mol. The average Bonchev–Trinajstić information content (AvgIpc) is 2.06. The zero-order valence-corrected chi connectivity index (χ0v) is 11.4. The van der Waals surface area contributed by atoms with Crippen LogP contribution < -0.4 is 0 Å². The van der Waals surface area contributed by atoms with Crippen LogP contribution in [0.5, 0.6) is 0 Å². The molecule has 0 aromatic carbocycles. The van der Waals surface area contributed by atoms with Crippen LogP contribution in [0.3, 0.4) is 0 Å². The molecule has 16 heavy (non-hydrogen) atoms. The first-order valence-electron chi connectivity index (χ1n) is 5.44. The maximum absolute atomic E-state index is 8.62. The molecule has 0 bridgehead atoms. The first-order chi connectivity index (χ1) is 7.21. The Bertz CT molecular complexity index is 155. The molecule has 0 rings (SSSR count). The summed E-state index contributed by atoms with van der Waals surface area (Å²) >= 11 is 16.8. The Morgan fingerprint density at radius 3 is 1.38 bits per heavy atom. The van der Waals surface area contributed by atoms with Crippen LogP contribution in [0.25, 0.3) is 0 Å². The maximum Gasteiger partial charge on any atom is 0.275 e. The Morgan fingerprint density at radius 1 is 0.625 bits per heavy atom. The Kier molecular flexibility index (Phi) is 8.33. The molecule has 0 aromatic heterocycles. The van der Waals surface area contributed by atoms with Gasteiger partial charge in [-0.2, -0.15) is 0 Å². The van der Waals surface area contributed by atoms with Crippen LogP contribution >= 0.6 is 34.8 Å². The zero-order valence-electron chi connectivity index (χ0n) is 9.13. The number of unbranched alkanes of at least 4 members (excludes halogenated alkanes) is 5. The Balaban J connectivity index is 3.17. The molecular formula is C10H19Cl3O3. The van der Waals surface area contributed by atoms with E-state index >= 15 is 0 Å². The normalized spacial score (nSPS) is 13.1. The molecule has 0 saturated heterocycles. The van der Waals surface area contributed by atoms with Gasteiger partial charge in [-0.25, -0.2) is 0 Å². The topological polar surface area (TPSA) is 60.7 Å². The maximum atomic E-state index is 8.62. The van der Waals surface area contributed by atoms with Gasteiger partial charge in [-0.3, -0.25) is 0 Å². The van der Waals surface area contributed by atoms with Crippen molar-refractivity contribution in [1.82, 2.24) is 0 Å². The number of halogens is 3. The van der Waals surface area contributed by atoms with E-state index in [4.69, 9.17) is 50.1 Å². The van der Waals surface area contributed by atoms with E-state index < -0.39 is 9.77 Å². The minimum Gasteiger partial charge on any atom is -0.344 e. The fraction of sp³-hybridized carbons (Fsp3) is 1.00. The van der Waals surface area contributed by atoms with Crippen LogP contribution in [-0.4, -0.2) is 25.1 Å². The summed E-state index contributed by atoms with van der Waals surface area (Å²) in [4.78, 5) is 0. The highest BCUT2D eigenvalue weighted by Crippen LogP contribution is 2.32. The molecule has 3 N–H and O–H groups in total. The Labute approximate surface area is 111 Å². The highest BCUT2D eigenvalue weighted by atomic mass is 35.6. The lowest BCUT2D eigenvalue weighted by molar-refractivity contribution is -0.315. The van der Waals surface area contributed by atoms with Crippen LogP contribution in [0.2, 0.25) is 0 Å². The van der Waals surface area contributed by atoms with E-state index in [1.54, 1.807) is 0 Å². The van der Waals surface area contributed by atoms with Crippen LogP contribution in [0.4, 0.5) is 0 Å². The molecule has 0 unspecified atom stereocenters. The second-order valence-electron chi connectivity index (χ2n) is 4.01. The first kappa shape index (κ1) is 16.8. The lowest BCUT2D eigenvalue weighted by Crippen LogP contribution is -2.26. The van der Waals surface area contributed by atoms with Gasteiger partial charge in [0.25, 0.3) is 5.97 Å². The summed E-state index contributed by atoms with van der Waals surface area (Å²) in [6, 6.07) is 0. The fourth-order valence-corrected chi connectivity index (χ4v) is 1.80. The Hall–Kier alpha value is 0.750. The standard InChI is InChI=1S/C10H19Cl3O3/c11-9(12,13)7-5-3-1-2-4-6-8-10(14,15)16/h14-16H,1-8H2. The van der Waals surface area contributed by atoms with Crippen molar-refractivity contribution in [2.75, 3.05) is 0 Å².